The molecule has 0 fully saturated rings. The van der Waals surface area contributed by atoms with Crippen LogP contribution in [0.5, 0.6) is 0 Å². The van der Waals surface area contributed by atoms with E-state index in [9.17, 15) is 15.2 Å². The SMILES string of the molecule is CCC(CC)(CO)Nc1nn(C)cc1[N+](=O)[O-]. The monoisotopic (exact) mass is 242 g/mol. The first-order chi connectivity index (χ1) is 7.98. The molecule has 0 atom stereocenters. The number of anilines is 1. The van der Waals surface area contributed by atoms with Crippen LogP contribution in [0.25, 0.3) is 0 Å². The van der Waals surface area contributed by atoms with Gasteiger partial charge in [-0.15, -0.1) is 5.10 Å². The molecule has 7 nitrogen and oxygen atoms in total. The molecular weight excluding hydrogens is 224 g/mol. The van der Waals surface area contributed by atoms with Crippen LogP contribution < -0.4 is 5.32 Å². The van der Waals surface area contributed by atoms with Gasteiger partial charge in [0.25, 0.3) is 0 Å². The molecule has 0 amide bonds. The Morgan fingerprint density at radius 1 is 1.59 bits per heavy atom. The highest BCUT2D eigenvalue weighted by Crippen LogP contribution is 2.27. The van der Waals surface area contributed by atoms with E-state index in [1.807, 2.05) is 13.8 Å². The number of nitrogens with zero attached hydrogens (tertiary/aromatic N) is 3. The largest absolute Gasteiger partial charge is 0.394 e. The molecule has 0 spiro atoms. The summed E-state index contributed by atoms with van der Waals surface area (Å²) in [6.07, 6.45) is 2.66. The molecule has 0 aliphatic heterocycles. The summed E-state index contributed by atoms with van der Waals surface area (Å²) in [6.45, 7) is 3.75. The number of hydrogen-bond donors (Lipinski definition) is 2. The van der Waals surface area contributed by atoms with Crippen molar-refractivity contribution < 1.29 is 10.0 Å². The Hall–Kier alpha value is -1.63. The molecule has 0 aliphatic carbocycles. The van der Waals surface area contributed by atoms with Gasteiger partial charge in [0, 0.05) is 7.05 Å². The molecule has 7 heteroatoms. The minimum absolute atomic E-state index is 0.0766. The molecule has 1 aromatic rings. The summed E-state index contributed by atoms with van der Waals surface area (Å²) in [5, 5.41) is 27.2. The van der Waals surface area contributed by atoms with Crippen molar-refractivity contribution in [3.05, 3.63) is 16.3 Å². The third kappa shape index (κ3) is 2.73. The first-order valence-corrected chi connectivity index (χ1v) is 5.55. The summed E-state index contributed by atoms with van der Waals surface area (Å²) in [5.74, 6) is 0.204. The zero-order valence-electron chi connectivity index (χ0n) is 10.3. The van der Waals surface area contributed by atoms with Crippen molar-refractivity contribution in [2.45, 2.75) is 32.2 Å². The Balaban J connectivity index is 3.04. The van der Waals surface area contributed by atoms with Crippen LogP contribution in [0.15, 0.2) is 6.20 Å². The molecule has 0 unspecified atom stereocenters. The maximum absolute atomic E-state index is 10.8. The van der Waals surface area contributed by atoms with Crippen molar-refractivity contribution in [2.24, 2.45) is 7.05 Å². The summed E-state index contributed by atoms with van der Waals surface area (Å²) in [6, 6.07) is 0. The number of aromatic nitrogens is 2. The van der Waals surface area contributed by atoms with Gasteiger partial charge >= 0.3 is 5.69 Å². The van der Waals surface area contributed by atoms with E-state index in [1.54, 1.807) is 7.05 Å². The van der Waals surface area contributed by atoms with Crippen LogP contribution in [0.2, 0.25) is 0 Å². The molecule has 0 bridgehead atoms. The van der Waals surface area contributed by atoms with Gasteiger partial charge in [-0.05, 0) is 12.8 Å². The molecule has 0 radical (unpaired) electrons. The fourth-order valence-electron chi connectivity index (χ4n) is 1.64. The number of nitrogens with one attached hydrogen (secondary N) is 1. The van der Waals surface area contributed by atoms with Crippen LogP contribution in [-0.4, -0.2) is 32.0 Å². The number of aryl methyl sites for hydroxylation is 1. The molecule has 1 rings (SSSR count). The van der Waals surface area contributed by atoms with Crippen LogP contribution in [0.1, 0.15) is 26.7 Å². The van der Waals surface area contributed by atoms with Gasteiger partial charge in [-0.3, -0.25) is 14.8 Å². The topological polar surface area (TPSA) is 93.2 Å². The normalized spacial score (nSPS) is 11.5. The Bertz CT molecular complexity index is 390. The second kappa shape index (κ2) is 5.13. The zero-order valence-corrected chi connectivity index (χ0v) is 10.3. The van der Waals surface area contributed by atoms with Crippen LogP contribution in [-0.2, 0) is 7.05 Å². The lowest BCUT2D eigenvalue weighted by Gasteiger charge is -2.30. The maximum Gasteiger partial charge on any atom is 0.330 e. The van der Waals surface area contributed by atoms with E-state index in [0.717, 1.165) is 0 Å². The van der Waals surface area contributed by atoms with Gasteiger partial charge in [-0.25, -0.2) is 0 Å². The minimum Gasteiger partial charge on any atom is -0.394 e. The molecule has 0 saturated heterocycles. The molecule has 0 aliphatic rings. The lowest BCUT2D eigenvalue weighted by atomic mass is 9.94. The summed E-state index contributed by atoms with van der Waals surface area (Å²) >= 11 is 0. The second-order valence-corrected chi connectivity index (χ2v) is 4.06. The predicted octanol–water partition coefficient (Wildman–Crippen LogP) is 1.29. The van der Waals surface area contributed by atoms with Crippen molar-refractivity contribution >= 4 is 11.5 Å². The number of rotatable bonds is 6. The van der Waals surface area contributed by atoms with Crippen molar-refractivity contribution in [3.8, 4) is 0 Å². The number of aliphatic hydroxyl groups excluding tert-OH is 1. The molecule has 2 N–H and O–H groups in total. The van der Waals surface area contributed by atoms with Gasteiger partial charge < -0.3 is 10.4 Å². The Labute approximate surface area is 99.6 Å². The average Bonchev–Trinajstić information content (AvgIpc) is 2.67. The number of hydrogen-bond acceptors (Lipinski definition) is 5. The van der Waals surface area contributed by atoms with Gasteiger partial charge in [0.1, 0.15) is 6.20 Å². The van der Waals surface area contributed by atoms with Crippen molar-refractivity contribution in [1.82, 2.24) is 9.78 Å². The van der Waals surface area contributed by atoms with Gasteiger partial charge in [0.2, 0.25) is 5.82 Å². The van der Waals surface area contributed by atoms with E-state index >= 15 is 0 Å². The Morgan fingerprint density at radius 2 is 2.18 bits per heavy atom. The van der Waals surface area contributed by atoms with Crippen LogP contribution in [0.4, 0.5) is 11.5 Å². The second-order valence-electron chi connectivity index (χ2n) is 4.06. The summed E-state index contributed by atoms with van der Waals surface area (Å²) < 4.78 is 1.38. The summed E-state index contributed by atoms with van der Waals surface area (Å²) in [7, 11) is 1.62. The molecule has 96 valence electrons. The lowest BCUT2D eigenvalue weighted by Crippen LogP contribution is -2.41. The van der Waals surface area contributed by atoms with Gasteiger partial charge in [-0.2, -0.15) is 0 Å². The highest BCUT2D eigenvalue weighted by Gasteiger charge is 2.30. The van der Waals surface area contributed by atoms with Gasteiger partial charge in [0.05, 0.1) is 17.1 Å². The van der Waals surface area contributed by atoms with E-state index in [0.29, 0.717) is 12.8 Å². The molecule has 17 heavy (non-hydrogen) atoms. The first kappa shape index (κ1) is 13.4. The highest BCUT2D eigenvalue weighted by atomic mass is 16.6. The molecule has 0 saturated carbocycles. The van der Waals surface area contributed by atoms with E-state index in [2.05, 4.69) is 10.4 Å². The number of nitro groups is 1. The molecule has 1 heterocycles. The fourth-order valence-corrected chi connectivity index (χ4v) is 1.64. The zero-order chi connectivity index (χ0) is 13.1. The fraction of sp³-hybridized carbons (Fsp3) is 0.700. The Morgan fingerprint density at radius 3 is 2.59 bits per heavy atom. The highest BCUT2D eigenvalue weighted by molar-refractivity contribution is 5.56. The van der Waals surface area contributed by atoms with Gasteiger partial charge in [-0.1, -0.05) is 13.8 Å². The standard InChI is InChI=1S/C10H18N4O3/c1-4-10(5-2,7-15)11-9-8(14(16)17)6-13(3)12-9/h6,15H,4-5,7H2,1-3H3,(H,11,12). The van der Waals surface area contributed by atoms with E-state index < -0.39 is 10.5 Å². The smallest absolute Gasteiger partial charge is 0.330 e. The molecular formula is C10H18N4O3. The summed E-state index contributed by atoms with van der Waals surface area (Å²) in [4.78, 5) is 10.4. The van der Waals surface area contributed by atoms with Crippen LogP contribution >= 0.6 is 0 Å². The minimum atomic E-state index is -0.556. The van der Waals surface area contributed by atoms with E-state index in [4.69, 9.17) is 0 Å². The quantitative estimate of drug-likeness (QED) is 0.579. The molecule has 0 aromatic carbocycles. The maximum atomic E-state index is 10.8. The van der Waals surface area contributed by atoms with E-state index in [-0.39, 0.29) is 18.1 Å². The van der Waals surface area contributed by atoms with Crippen molar-refractivity contribution in [1.29, 1.82) is 0 Å². The predicted molar refractivity (Wildman–Crippen MR) is 63.9 cm³/mol. The average molecular weight is 242 g/mol. The third-order valence-corrected chi connectivity index (χ3v) is 3.05. The lowest BCUT2D eigenvalue weighted by molar-refractivity contribution is -0.384. The summed E-state index contributed by atoms with van der Waals surface area (Å²) in [5.41, 5.74) is -0.633. The van der Waals surface area contributed by atoms with Gasteiger partial charge in [0.15, 0.2) is 0 Å². The first-order valence-electron chi connectivity index (χ1n) is 5.55. The third-order valence-electron chi connectivity index (χ3n) is 3.05. The molecule has 1 aromatic heterocycles. The van der Waals surface area contributed by atoms with Crippen molar-refractivity contribution in [3.63, 3.8) is 0 Å². The number of aliphatic hydroxyl groups is 1. The van der Waals surface area contributed by atoms with E-state index in [1.165, 1.54) is 10.9 Å². The van der Waals surface area contributed by atoms with Crippen LogP contribution in [0.3, 0.4) is 0 Å². The van der Waals surface area contributed by atoms with Crippen LogP contribution in [0, 0.1) is 10.1 Å². The van der Waals surface area contributed by atoms with Crippen molar-refractivity contribution in [2.75, 3.05) is 11.9 Å². The Kier molecular flexibility index (Phi) is 4.06.